The molecule has 1 amide bonds. The van der Waals surface area contributed by atoms with Gasteiger partial charge in [-0.3, -0.25) is 4.79 Å². The Labute approximate surface area is 134 Å². The highest BCUT2D eigenvalue weighted by atomic mass is 19.4. The van der Waals surface area contributed by atoms with E-state index in [2.05, 4.69) is 0 Å². The summed E-state index contributed by atoms with van der Waals surface area (Å²) in [4.78, 5) is 12.8. The molecule has 1 aliphatic rings. The minimum absolute atomic E-state index is 0.104. The van der Waals surface area contributed by atoms with Gasteiger partial charge >= 0.3 is 12.4 Å². The van der Waals surface area contributed by atoms with Gasteiger partial charge in [-0.05, 0) is 24.5 Å². The number of rotatable bonds is 2. The average molecular weight is 354 g/mol. The minimum atomic E-state index is -4.68. The van der Waals surface area contributed by atoms with Gasteiger partial charge in [-0.25, -0.2) is 0 Å². The second kappa shape index (κ2) is 6.62. The van der Waals surface area contributed by atoms with Gasteiger partial charge in [0.1, 0.15) is 6.04 Å². The number of hydrogen-bond donors (Lipinski definition) is 1. The summed E-state index contributed by atoms with van der Waals surface area (Å²) in [6.07, 6.45) is -10.3. The first-order valence-electron chi connectivity index (χ1n) is 7.27. The molecule has 0 unspecified atom stereocenters. The van der Waals surface area contributed by atoms with Crippen LogP contribution in [0, 0.1) is 0 Å². The predicted octanol–water partition coefficient (Wildman–Crippen LogP) is 3.13. The molecule has 1 aliphatic heterocycles. The Bertz CT molecular complexity index is 598. The number of hydrogen-bond acceptors (Lipinski definition) is 2. The van der Waals surface area contributed by atoms with Crippen LogP contribution in [-0.2, 0) is 17.4 Å². The van der Waals surface area contributed by atoms with Crippen LogP contribution in [-0.4, -0.2) is 35.6 Å². The molecule has 0 radical (unpaired) electrons. The van der Waals surface area contributed by atoms with E-state index in [1.54, 1.807) is 0 Å². The van der Waals surface area contributed by atoms with Crippen molar-refractivity contribution in [2.75, 3.05) is 6.54 Å². The number of nitrogens with zero attached hydrogens (tertiary/aromatic N) is 1. The maximum Gasteiger partial charge on any atom is 0.416 e. The van der Waals surface area contributed by atoms with Crippen LogP contribution < -0.4 is 5.73 Å². The molecule has 1 aromatic rings. The van der Waals surface area contributed by atoms with E-state index in [1.165, 1.54) is 6.07 Å². The molecule has 2 N–H and O–H groups in total. The lowest BCUT2D eigenvalue weighted by atomic mass is 9.96. The number of halogens is 6. The Morgan fingerprint density at radius 1 is 1.12 bits per heavy atom. The fourth-order valence-electron chi connectivity index (χ4n) is 2.83. The molecule has 0 aromatic heterocycles. The van der Waals surface area contributed by atoms with Gasteiger partial charge in [0.25, 0.3) is 0 Å². The molecule has 0 bridgehead atoms. The standard InChI is InChI=1S/C15H16F6N2O/c16-14(17,18)11-4-2-1-3-9(11)7-13(24)23-8-10(22)5-6-12(23)15(19,20)21/h1-4,10,12H,5-8,22H2/t10-,12-/m1/s1. The summed E-state index contributed by atoms with van der Waals surface area (Å²) in [7, 11) is 0. The first kappa shape index (κ1) is 18.6. The highest BCUT2D eigenvalue weighted by Gasteiger charge is 2.47. The Morgan fingerprint density at radius 3 is 2.33 bits per heavy atom. The summed E-state index contributed by atoms with van der Waals surface area (Å²) in [5.74, 6) is -1.01. The van der Waals surface area contributed by atoms with Crippen molar-refractivity contribution in [1.82, 2.24) is 4.90 Å². The van der Waals surface area contributed by atoms with E-state index in [-0.39, 0.29) is 24.9 Å². The number of carbonyl (C=O) groups excluding carboxylic acids is 1. The van der Waals surface area contributed by atoms with E-state index < -0.39 is 42.3 Å². The van der Waals surface area contributed by atoms with Crippen LogP contribution in [0.25, 0.3) is 0 Å². The Kier molecular flexibility index (Phi) is 5.12. The first-order chi connectivity index (χ1) is 11.0. The molecule has 1 aromatic carbocycles. The second-order valence-electron chi connectivity index (χ2n) is 5.77. The number of likely N-dealkylation sites (tertiary alicyclic amines) is 1. The molecule has 3 nitrogen and oxygen atoms in total. The zero-order chi connectivity index (χ0) is 18.1. The zero-order valence-corrected chi connectivity index (χ0v) is 12.5. The fourth-order valence-corrected chi connectivity index (χ4v) is 2.83. The molecule has 0 aliphatic carbocycles. The van der Waals surface area contributed by atoms with E-state index in [9.17, 15) is 31.1 Å². The molecule has 2 atom stereocenters. The van der Waals surface area contributed by atoms with Gasteiger partial charge in [-0.1, -0.05) is 18.2 Å². The molecular formula is C15H16F6N2O. The monoisotopic (exact) mass is 354 g/mol. The van der Waals surface area contributed by atoms with Gasteiger partial charge in [-0.15, -0.1) is 0 Å². The number of alkyl halides is 6. The summed E-state index contributed by atoms with van der Waals surface area (Å²) in [5.41, 5.74) is 4.24. The van der Waals surface area contributed by atoms with Crippen LogP contribution in [0.4, 0.5) is 26.3 Å². The van der Waals surface area contributed by atoms with E-state index in [0.29, 0.717) is 4.90 Å². The maximum atomic E-state index is 13.1. The van der Waals surface area contributed by atoms with E-state index in [0.717, 1.165) is 18.2 Å². The van der Waals surface area contributed by atoms with Crippen LogP contribution in [0.1, 0.15) is 24.0 Å². The van der Waals surface area contributed by atoms with Gasteiger partial charge in [-0.2, -0.15) is 26.3 Å². The third-order valence-electron chi connectivity index (χ3n) is 3.98. The zero-order valence-electron chi connectivity index (χ0n) is 12.5. The second-order valence-corrected chi connectivity index (χ2v) is 5.77. The van der Waals surface area contributed by atoms with Crippen molar-refractivity contribution in [2.45, 2.75) is 43.7 Å². The van der Waals surface area contributed by atoms with Crippen LogP contribution in [0.5, 0.6) is 0 Å². The van der Waals surface area contributed by atoms with Crippen LogP contribution in [0.15, 0.2) is 24.3 Å². The molecule has 1 fully saturated rings. The summed E-state index contributed by atoms with van der Waals surface area (Å²) in [6, 6.07) is 1.72. The number of amides is 1. The summed E-state index contributed by atoms with van der Waals surface area (Å²) >= 11 is 0. The topological polar surface area (TPSA) is 46.3 Å². The van der Waals surface area contributed by atoms with Crippen molar-refractivity contribution in [2.24, 2.45) is 5.73 Å². The summed E-state index contributed by atoms with van der Waals surface area (Å²) < 4.78 is 78.0. The quantitative estimate of drug-likeness (QED) is 0.830. The Hall–Kier alpha value is -1.77. The molecule has 24 heavy (non-hydrogen) atoms. The van der Waals surface area contributed by atoms with E-state index >= 15 is 0 Å². The van der Waals surface area contributed by atoms with Gasteiger partial charge in [0, 0.05) is 12.6 Å². The van der Waals surface area contributed by atoms with Crippen molar-refractivity contribution in [3.05, 3.63) is 35.4 Å². The highest BCUT2D eigenvalue weighted by molar-refractivity contribution is 5.79. The minimum Gasteiger partial charge on any atom is -0.329 e. The molecule has 0 saturated carbocycles. The summed E-state index contributed by atoms with van der Waals surface area (Å²) in [5, 5.41) is 0. The van der Waals surface area contributed by atoms with Gasteiger partial charge in [0.15, 0.2) is 0 Å². The van der Waals surface area contributed by atoms with Crippen molar-refractivity contribution in [3.63, 3.8) is 0 Å². The SMILES string of the molecule is N[C@@H]1CC[C@H](C(F)(F)F)N(C(=O)Cc2ccccc2C(F)(F)F)C1. The lowest BCUT2D eigenvalue weighted by molar-refractivity contribution is -0.196. The number of nitrogens with two attached hydrogens (primary N) is 1. The molecule has 0 spiro atoms. The molecule has 2 rings (SSSR count). The fraction of sp³-hybridized carbons (Fsp3) is 0.533. The van der Waals surface area contributed by atoms with Crippen molar-refractivity contribution in [1.29, 1.82) is 0 Å². The third kappa shape index (κ3) is 4.19. The van der Waals surface area contributed by atoms with E-state index in [1.807, 2.05) is 0 Å². The highest BCUT2D eigenvalue weighted by Crippen LogP contribution is 2.34. The van der Waals surface area contributed by atoms with Gasteiger partial charge < -0.3 is 10.6 Å². The third-order valence-corrected chi connectivity index (χ3v) is 3.98. The van der Waals surface area contributed by atoms with Crippen molar-refractivity contribution >= 4 is 5.91 Å². The van der Waals surface area contributed by atoms with Crippen LogP contribution in [0.3, 0.4) is 0 Å². The normalized spacial score (nSPS) is 22.5. The molecule has 134 valence electrons. The first-order valence-corrected chi connectivity index (χ1v) is 7.27. The molecule has 9 heteroatoms. The van der Waals surface area contributed by atoms with Gasteiger partial charge in [0.2, 0.25) is 5.91 Å². The van der Waals surface area contributed by atoms with Crippen LogP contribution in [0.2, 0.25) is 0 Å². The number of piperidine rings is 1. The number of carbonyl (C=O) groups is 1. The molecule has 1 heterocycles. The van der Waals surface area contributed by atoms with Crippen molar-refractivity contribution < 1.29 is 31.1 Å². The van der Waals surface area contributed by atoms with Crippen molar-refractivity contribution in [3.8, 4) is 0 Å². The molecular weight excluding hydrogens is 338 g/mol. The lowest BCUT2D eigenvalue weighted by Crippen LogP contribution is -2.57. The number of benzene rings is 1. The van der Waals surface area contributed by atoms with E-state index in [4.69, 9.17) is 5.73 Å². The van der Waals surface area contributed by atoms with Crippen LogP contribution >= 0.6 is 0 Å². The average Bonchev–Trinajstić information content (AvgIpc) is 2.45. The Balaban J connectivity index is 2.25. The van der Waals surface area contributed by atoms with Gasteiger partial charge in [0.05, 0.1) is 12.0 Å². The largest absolute Gasteiger partial charge is 0.416 e. The molecule has 1 saturated heterocycles. The lowest BCUT2D eigenvalue weighted by Gasteiger charge is -2.39. The summed E-state index contributed by atoms with van der Waals surface area (Å²) in [6.45, 7) is -0.322. The Morgan fingerprint density at radius 2 is 1.75 bits per heavy atom. The predicted molar refractivity (Wildman–Crippen MR) is 73.9 cm³/mol. The maximum absolute atomic E-state index is 13.1. The smallest absolute Gasteiger partial charge is 0.329 e.